The van der Waals surface area contributed by atoms with E-state index >= 15 is 0 Å². The molecule has 0 saturated heterocycles. The molecule has 1 aromatic heterocycles. The van der Waals surface area contributed by atoms with Gasteiger partial charge in [0.2, 0.25) is 10.0 Å². The van der Waals surface area contributed by atoms with E-state index in [4.69, 9.17) is 0 Å². The van der Waals surface area contributed by atoms with Crippen LogP contribution in [0.2, 0.25) is 0 Å². The number of hydrogen-bond donors (Lipinski definition) is 2. The monoisotopic (exact) mass is 307 g/mol. The summed E-state index contributed by atoms with van der Waals surface area (Å²) in [6.07, 6.45) is 2.67. The fourth-order valence-electron chi connectivity index (χ4n) is 2.04. The Balaban J connectivity index is 2.19. The zero-order valence-corrected chi connectivity index (χ0v) is 13.2. The van der Waals surface area contributed by atoms with Gasteiger partial charge in [-0.25, -0.2) is 8.42 Å². The molecule has 114 valence electrons. The number of nitrogens with one attached hydrogen (secondary N) is 2. The van der Waals surface area contributed by atoms with Crippen molar-refractivity contribution in [2.75, 3.05) is 17.8 Å². The number of anilines is 1. The minimum atomic E-state index is -3.43. The van der Waals surface area contributed by atoms with Crippen molar-refractivity contribution >= 4 is 26.6 Å². The third kappa shape index (κ3) is 3.92. The normalized spacial score (nSPS) is 13.2. The topological polar surface area (TPSA) is 71.1 Å². The second-order valence-corrected chi connectivity index (χ2v) is 7.14. The third-order valence-corrected chi connectivity index (χ3v) is 5.02. The molecule has 0 amide bonds. The molecule has 5 nitrogen and oxygen atoms in total. The summed E-state index contributed by atoms with van der Waals surface area (Å²) in [4.78, 5) is 4.23. The highest BCUT2D eigenvalue weighted by atomic mass is 32.2. The van der Waals surface area contributed by atoms with Crippen molar-refractivity contribution in [1.29, 1.82) is 0 Å². The Kier molecular flexibility index (Phi) is 5.14. The number of aromatic nitrogens is 1. The first-order chi connectivity index (χ1) is 10.0. The lowest BCUT2D eigenvalue weighted by atomic mass is 10.2. The van der Waals surface area contributed by atoms with Crippen LogP contribution in [0.3, 0.4) is 0 Å². The third-order valence-electron chi connectivity index (χ3n) is 3.29. The Morgan fingerprint density at radius 1 is 1.24 bits per heavy atom. The summed E-state index contributed by atoms with van der Waals surface area (Å²) in [7, 11) is -3.43. The molecule has 1 heterocycles. The Bertz CT molecular complexity index is 696. The molecule has 0 fully saturated rings. The number of nitrogens with zero attached hydrogens (tertiary/aromatic N) is 1. The lowest BCUT2D eigenvalue weighted by Gasteiger charge is -2.16. The van der Waals surface area contributed by atoms with E-state index < -0.39 is 15.3 Å². The molecule has 2 rings (SSSR count). The van der Waals surface area contributed by atoms with E-state index in [2.05, 4.69) is 15.0 Å². The molecule has 1 atom stereocenters. The average molecular weight is 307 g/mol. The van der Waals surface area contributed by atoms with Crippen LogP contribution in [-0.4, -0.2) is 31.7 Å². The summed E-state index contributed by atoms with van der Waals surface area (Å²) in [6.45, 7) is 5.01. The van der Waals surface area contributed by atoms with Gasteiger partial charge in [-0.2, -0.15) is 0 Å². The fourth-order valence-corrected chi connectivity index (χ4v) is 3.06. The number of rotatable bonds is 7. The number of fused-ring (bicyclic) bond motifs is 1. The summed E-state index contributed by atoms with van der Waals surface area (Å²) < 4.78 is 27.4. The molecule has 2 N–H and O–H groups in total. The molecule has 0 aliphatic heterocycles. The van der Waals surface area contributed by atoms with Crippen molar-refractivity contribution in [2.45, 2.75) is 25.5 Å². The van der Waals surface area contributed by atoms with Crippen LogP contribution in [0.25, 0.3) is 10.9 Å². The Hall–Kier alpha value is -1.66. The maximum Gasteiger partial charge on any atom is 0.236 e. The van der Waals surface area contributed by atoms with Gasteiger partial charge in [0.15, 0.2) is 0 Å². The molecule has 21 heavy (non-hydrogen) atoms. The number of benzene rings is 1. The van der Waals surface area contributed by atoms with Gasteiger partial charge in [0, 0.05) is 18.1 Å². The zero-order valence-electron chi connectivity index (χ0n) is 12.3. The van der Waals surface area contributed by atoms with Gasteiger partial charge in [-0.05, 0) is 44.2 Å². The van der Waals surface area contributed by atoms with Gasteiger partial charge in [0.25, 0.3) is 0 Å². The van der Waals surface area contributed by atoms with E-state index in [1.165, 1.54) is 0 Å². The zero-order chi connectivity index (χ0) is 15.3. The Morgan fingerprint density at radius 2 is 2.05 bits per heavy atom. The fraction of sp³-hybridized carbons (Fsp3) is 0.400. The van der Waals surface area contributed by atoms with E-state index in [0.717, 1.165) is 23.9 Å². The average Bonchev–Trinajstić information content (AvgIpc) is 2.47. The van der Waals surface area contributed by atoms with E-state index in [9.17, 15) is 8.42 Å². The van der Waals surface area contributed by atoms with Crippen LogP contribution in [0.5, 0.6) is 0 Å². The van der Waals surface area contributed by atoms with E-state index in [0.29, 0.717) is 12.2 Å². The Labute approximate surface area is 125 Å². The van der Waals surface area contributed by atoms with Gasteiger partial charge in [0.05, 0.1) is 16.5 Å². The van der Waals surface area contributed by atoms with Crippen molar-refractivity contribution in [3.63, 3.8) is 0 Å². The standard InChI is InChI=1S/C15H21N3O2S/c1-3-9-16-11-12(2)21(19,20)18-15-8-4-7-14-13(15)6-5-10-17-14/h4-8,10,12,16,18H,3,9,11H2,1-2H3. The molecule has 0 radical (unpaired) electrons. The van der Waals surface area contributed by atoms with E-state index in [-0.39, 0.29) is 0 Å². The van der Waals surface area contributed by atoms with Crippen LogP contribution >= 0.6 is 0 Å². The summed E-state index contributed by atoms with van der Waals surface area (Å²) in [6, 6.07) is 9.08. The quantitative estimate of drug-likeness (QED) is 0.770. The van der Waals surface area contributed by atoms with Crippen molar-refractivity contribution in [3.8, 4) is 0 Å². The van der Waals surface area contributed by atoms with Crippen molar-refractivity contribution in [1.82, 2.24) is 10.3 Å². The van der Waals surface area contributed by atoms with Crippen LogP contribution in [0.15, 0.2) is 36.5 Å². The van der Waals surface area contributed by atoms with Gasteiger partial charge < -0.3 is 5.32 Å². The van der Waals surface area contributed by atoms with Gasteiger partial charge in [-0.3, -0.25) is 9.71 Å². The number of sulfonamides is 1. The predicted molar refractivity (Wildman–Crippen MR) is 86.9 cm³/mol. The molecular weight excluding hydrogens is 286 g/mol. The second kappa shape index (κ2) is 6.87. The van der Waals surface area contributed by atoms with Crippen LogP contribution in [-0.2, 0) is 10.0 Å². The van der Waals surface area contributed by atoms with Crippen molar-refractivity contribution < 1.29 is 8.42 Å². The van der Waals surface area contributed by atoms with Gasteiger partial charge in [-0.15, -0.1) is 0 Å². The summed E-state index contributed by atoms with van der Waals surface area (Å²) in [5.41, 5.74) is 1.34. The largest absolute Gasteiger partial charge is 0.315 e. The molecule has 0 aliphatic rings. The highest BCUT2D eigenvalue weighted by Gasteiger charge is 2.20. The van der Waals surface area contributed by atoms with Crippen LogP contribution in [0.4, 0.5) is 5.69 Å². The van der Waals surface area contributed by atoms with E-state index in [1.54, 1.807) is 31.3 Å². The minimum Gasteiger partial charge on any atom is -0.315 e. The van der Waals surface area contributed by atoms with Crippen LogP contribution < -0.4 is 10.0 Å². The van der Waals surface area contributed by atoms with Gasteiger partial charge in [0.1, 0.15) is 0 Å². The highest BCUT2D eigenvalue weighted by molar-refractivity contribution is 7.93. The first-order valence-corrected chi connectivity index (χ1v) is 8.65. The first kappa shape index (κ1) is 15.7. The van der Waals surface area contributed by atoms with Crippen molar-refractivity contribution in [3.05, 3.63) is 36.5 Å². The summed E-state index contributed by atoms with van der Waals surface area (Å²) in [5.74, 6) is 0. The molecule has 0 aliphatic carbocycles. The van der Waals surface area contributed by atoms with Crippen molar-refractivity contribution in [2.24, 2.45) is 0 Å². The summed E-state index contributed by atoms with van der Waals surface area (Å²) >= 11 is 0. The maximum absolute atomic E-state index is 12.4. The molecule has 1 aromatic carbocycles. The van der Waals surface area contributed by atoms with Crippen LogP contribution in [0.1, 0.15) is 20.3 Å². The smallest absolute Gasteiger partial charge is 0.236 e. The molecule has 0 bridgehead atoms. The molecule has 6 heteroatoms. The van der Waals surface area contributed by atoms with E-state index in [1.807, 2.05) is 19.1 Å². The summed E-state index contributed by atoms with van der Waals surface area (Å²) in [5, 5.41) is 3.43. The lowest BCUT2D eigenvalue weighted by molar-refractivity contribution is 0.576. The van der Waals surface area contributed by atoms with Gasteiger partial charge >= 0.3 is 0 Å². The second-order valence-electron chi connectivity index (χ2n) is 5.04. The Morgan fingerprint density at radius 3 is 2.81 bits per heavy atom. The number of hydrogen-bond acceptors (Lipinski definition) is 4. The molecular formula is C15H21N3O2S. The number of pyridine rings is 1. The SMILES string of the molecule is CCCNCC(C)S(=O)(=O)Nc1cccc2ncccc12. The lowest BCUT2D eigenvalue weighted by Crippen LogP contribution is -2.35. The minimum absolute atomic E-state index is 0.437. The first-order valence-electron chi connectivity index (χ1n) is 7.10. The van der Waals surface area contributed by atoms with Crippen LogP contribution in [0, 0.1) is 0 Å². The maximum atomic E-state index is 12.4. The van der Waals surface area contributed by atoms with Gasteiger partial charge in [-0.1, -0.05) is 13.0 Å². The predicted octanol–water partition coefficient (Wildman–Crippen LogP) is 2.36. The molecule has 2 aromatic rings. The molecule has 1 unspecified atom stereocenters. The molecule has 0 saturated carbocycles. The highest BCUT2D eigenvalue weighted by Crippen LogP contribution is 2.23. The molecule has 0 spiro atoms.